The Morgan fingerprint density at radius 3 is 2.63 bits per heavy atom. The van der Waals surface area contributed by atoms with Crippen molar-refractivity contribution in [2.45, 2.75) is 51.6 Å². The molecule has 19 heavy (non-hydrogen) atoms. The lowest BCUT2D eigenvalue weighted by Gasteiger charge is -2.31. The molecule has 0 aliphatic carbocycles. The quantitative estimate of drug-likeness (QED) is 0.891. The van der Waals surface area contributed by atoms with Crippen LogP contribution < -0.4 is 5.32 Å². The summed E-state index contributed by atoms with van der Waals surface area (Å²) in [5.41, 5.74) is 2.74. The average molecular weight is 260 g/mol. The van der Waals surface area contributed by atoms with Gasteiger partial charge in [0.1, 0.15) is 0 Å². The maximum absolute atomic E-state index is 3.48. The van der Waals surface area contributed by atoms with Crippen LogP contribution in [0.5, 0.6) is 0 Å². The molecule has 2 atom stereocenters. The molecular weight excluding hydrogens is 232 g/mol. The first-order chi connectivity index (χ1) is 9.20. The van der Waals surface area contributed by atoms with Gasteiger partial charge in [-0.05, 0) is 45.8 Å². The summed E-state index contributed by atoms with van der Waals surface area (Å²) in [6.07, 6.45) is 5.50. The molecule has 1 heterocycles. The van der Waals surface area contributed by atoms with Crippen LogP contribution in [0.15, 0.2) is 24.3 Å². The van der Waals surface area contributed by atoms with E-state index in [1.165, 1.54) is 43.4 Å². The van der Waals surface area contributed by atoms with Gasteiger partial charge < -0.3 is 5.32 Å². The summed E-state index contributed by atoms with van der Waals surface area (Å²) in [5.74, 6) is 0. The first-order valence-corrected chi connectivity index (χ1v) is 7.68. The minimum absolute atomic E-state index is 0.446. The van der Waals surface area contributed by atoms with Gasteiger partial charge in [0.15, 0.2) is 0 Å². The van der Waals surface area contributed by atoms with Gasteiger partial charge in [-0.3, -0.25) is 4.90 Å². The molecule has 1 fully saturated rings. The number of rotatable bonds is 4. The molecule has 2 unspecified atom stereocenters. The highest BCUT2D eigenvalue weighted by molar-refractivity contribution is 5.24. The Labute approximate surface area is 118 Å². The second-order valence-corrected chi connectivity index (χ2v) is 5.95. The zero-order valence-electron chi connectivity index (χ0n) is 12.7. The van der Waals surface area contributed by atoms with Crippen LogP contribution in [0.25, 0.3) is 0 Å². The molecule has 2 heteroatoms. The minimum atomic E-state index is 0.446. The topological polar surface area (TPSA) is 15.3 Å². The monoisotopic (exact) mass is 260 g/mol. The maximum atomic E-state index is 3.48. The molecule has 106 valence electrons. The third-order valence-electron chi connectivity index (χ3n) is 4.44. The smallest absolute Gasteiger partial charge is 0.0446 e. The Hall–Kier alpha value is -0.860. The summed E-state index contributed by atoms with van der Waals surface area (Å²) >= 11 is 0. The second-order valence-electron chi connectivity index (χ2n) is 5.95. The summed E-state index contributed by atoms with van der Waals surface area (Å²) in [7, 11) is 2.08. The van der Waals surface area contributed by atoms with Crippen molar-refractivity contribution in [1.82, 2.24) is 10.2 Å². The molecule has 1 aromatic carbocycles. The van der Waals surface area contributed by atoms with Gasteiger partial charge in [-0.25, -0.2) is 0 Å². The molecule has 2 nitrogen and oxygen atoms in total. The van der Waals surface area contributed by atoms with E-state index in [2.05, 4.69) is 55.4 Å². The Morgan fingerprint density at radius 1 is 1.21 bits per heavy atom. The normalized spacial score (nSPS) is 23.0. The van der Waals surface area contributed by atoms with Crippen LogP contribution in [-0.2, 0) is 0 Å². The number of nitrogens with one attached hydrogen (secondary N) is 1. The van der Waals surface area contributed by atoms with E-state index in [-0.39, 0.29) is 0 Å². The molecule has 1 aliphatic heterocycles. The zero-order chi connectivity index (χ0) is 13.7. The molecule has 0 amide bonds. The Kier molecular flexibility index (Phi) is 5.41. The number of hydrogen-bond donors (Lipinski definition) is 1. The van der Waals surface area contributed by atoms with E-state index in [1.807, 2.05) is 0 Å². The van der Waals surface area contributed by atoms with Crippen molar-refractivity contribution in [3.05, 3.63) is 35.4 Å². The van der Waals surface area contributed by atoms with Gasteiger partial charge in [-0.2, -0.15) is 0 Å². The largest absolute Gasteiger partial charge is 0.312 e. The van der Waals surface area contributed by atoms with Gasteiger partial charge >= 0.3 is 0 Å². The van der Waals surface area contributed by atoms with Crippen LogP contribution in [0.2, 0.25) is 0 Å². The van der Waals surface area contributed by atoms with Gasteiger partial charge in [-0.1, -0.05) is 42.7 Å². The molecule has 0 saturated carbocycles. The highest BCUT2D eigenvalue weighted by Gasteiger charge is 2.20. The number of aryl methyl sites for hydroxylation is 1. The third-order valence-corrected chi connectivity index (χ3v) is 4.44. The number of likely N-dealkylation sites (tertiary alicyclic amines) is 1. The zero-order valence-corrected chi connectivity index (χ0v) is 12.7. The Bertz CT molecular complexity index is 371. The second kappa shape index (κ2) is 7.06. The number of likely N-dealkylation sites (N-methyl/N-ethyl adjacent to an activating group) is 1. The van der Waals surface area contributed by atoms with E-state index in [1.54, 1.807) is 0 Å². The van der Waals surface area contributed by atoms with E-state index < -0.39 is 0 Å². The van der Waals surface area contributed by atoms with Gasteiger partial charge in [-0.15, -0.1) is 0 Å². The van der Waals surface area contributed by atoms with Crippen molar-refractivity contribution in [1.29, 1.82) is 0 Å². The van der Waals surface area contributed by atoms with E-state index in [9.17, 15) is 0 Å². The van der Waals surface area contributed by atoms with E-state index in [4.69, 9.17) is 0 Å². The summed E-state index contributed by atoms with van der Waals surface area (Å²) < 4.78 is 0. The van der Waals surface area contributed by atoms with Crippen LogP contribution in [0.4, 0.5) is 0 Å². The van der Waals surface area contributed by atoms with Crippen molar-refractivity contribution < 1.29 is 0 Å². The molecule has 1 aromatic rings. The van der Waals surface area contributed by atoms with E-state index in [0.717, 1.165) is 12.6 Å². The van der Waals surface area contributed by atoms with Crippen molar-refractivity contribution in [2.24, 2.45) is 0 Å². The first kappa shape index (κ1) is 14.5. The fraction of sp³-hybridized carbons (Fsp3) is 0.647. The minimum Gasteiger partial charge on any atom is -0.312 e. The number of benzene rings is 1. The van der Waals surface area contributed by atoms with Crippen LogP contribution in [-0.4, -0.2) is 31.1 Å². The number of nitrogens with zero attached hydrogens (tertiary/aromatic N) is 1. The molecule has 0 aromatic heterocycles. The molecule has 0 radical (unpaired) electrons. The van der Waals surface area contributed by atoms with Crippen LogP contribution in [0.1, 0.15) is 49.8 Å². The standard InChI is InChI=1S/C17H28N2/c1-14-8-10-16(11-9-14)17(18-3)13-19-12-6-4-5-7-15(19)2/h8-11,15,17-18H,4-7,12-13H2,1-3H3. The van der Waals surface area contributed by atoms with Crippen molar-refractivity contribution in [3.63, 3.8) is 0 Å². The van der Waals surface area contributed by atoms with Gasteiger partial charge in [0.2, 0.25) is 0 Å². The molecule has 0 bridgehead atoms. The highest BCUT2D eigenvalue weighted by Crippen LogP contribution is 2.21. The van der Waals surface area contributed by atoms with Crippen molar-refractivity contribution in [2.75, 3.05) is 20.1 Å². The molecule has 2 rings (SSSR count). The highest BCUT2D eigenvalue weighted by atomic mass is 15.2. The lowest BCUT2D eigenvalue weighted by Crippen LogP contribution is -2.39. The van der Waals surface area contributed by atoms with E-state index >= 15 is 0 Å². The lowest BCUT2D eigenvalue weighted by molar-refractivity contribution is 0.193. The first-order valence-electron chi connectivity index (χ1n) is 7.68. The Balaban J connectivity index is 2.03. The summed E-state index contributed by atoms with van der Waals surface area (Å²) in [6.45, 7) is 6.91. The predicted octanol–water partition coefficient (Wildman–Crippen LogP) is 3.52. The fourth-order valence-corrected chi connectivity index (χ4v) is 3.00. The third kappa shape index (κ3) is 4.05. The van der Waals surface area contributed by atoms with Gasteiger partial charge in [0.05, 0.1) is 0 Å². The predicted molar refractivity (Wildman–Crippen MR) is 82.5 cm³/mol. The van der Waals surface area contributed by atoms with Gasteiger partial charge in [0.25, 0.3) is 0 Å². The summed E-state index contributed by atoms with van der Waals surface area (Å²) in [5, 5.41) is 3.48. The SMILES string of the molecule is CNC(CN1CCCCCC1C)c1ccc(C)cc1. The summed E-state index contributed by atoms with van der Waals surface area (Å²) in [4.78, 5) is 2.66. The van der Waals surface area contributed by atoms with Crippen molar-refractivity contribution in [3.8, 4) is 0 Å². The van der Waals surface area contributed by atoms with E-state index in [0.29, 0.717) is 6.04 Å². The fourth-order valence-electron chi connectivity index (χ4n) is 3.00. The van der Waals surface area contributed by atoms with Crippen molar-refractivity contribution >= 4 is 0 Å². The van der Waals surface area contributed by atoms with Gasteiger partial charge in [0, 0.05) is 18.6 Å². The molecule has 1 aliphatic rings. The lowest BCUT2D eigenvalue weighted by atomic mass is 10.0. The number of hydrogen-bond acceptors (Lipinski definition) is 2. The van der Waals surface area contributed by atoms with Crippen LogP contribution >= 0.6 is 0 Å². The Morgan fingerprint density at radius 2 is 1.95 bits per heavy atom. The molecular formula is C17H28N2. The van der Waals surface area contributed by atoms with Crippen LogP contribution in [0.3, 0.4) is 0 Å². The summed E-state index contributed by atoms with van der Waals surface area (Å²) in [6, 6.07) is 10.1. The molecule has 1 N–H and O–H groups in total. The average Bonchev–Trinajstić information content (AvgIpc) is 2.62. The molecule has 1 saturated heterocycles. The van der Waals surface area contributed by atoms with Crippen LogP contribution in [0, 0.1) is 6.92 Å². The maximum Gasteiger partial charge on any atom is 0.0446 e. The molecule has 0 spiro atoms.